The summed E-state index contributed by atoms with van der Waals surface area (Å²) in [6.07, 6.45) is 1.86. The highest BCUT2D eigenvalue weighted by Gasteiger charge is 2.15. The molecule has 0 saturated carbocycles. The van der Waals surface area contributed by atoms with Crippen LogP contribution in [0.15, 0.2) is 24.5 Å². The molecular formula is C16H22ClN3. The van der Waals surface area contributed by atoms with Gasteiger partial charge in [0, 0.05) is 28.4 Å². The van der Waals surface area contributed by atoms with Crippen LogP contribution in [0.5, 0.6) is 0 Å². The Balaban J connectivity index is 2.44. The number of hydrogen-bond donors (Lipinski definition) is 1. The maximum atomic E-state index is 6.39. The molecule has 2 aromatic rings. The van der Waals surface area contributed by atoms with Crippen molar-refractivity contribution in [1.29, 1.82) is 0 Å². The number of aryl methyl sites for hydroxylation is 1. The van der Waals surface area contributed by atoms with Crippen molar-refractivity contribution in [1.82, 2.24) is 14.9 Å². The molecule has 0 fully saturated rings. The number of imidazole rings is 1. The summed E-state index contributed by atoms with van der Waals surface area (Å²) in [6.45, 7) is 11.3. The van der Waals surface area contributed by atoms with Gasteiger partial charge in [-0.25, -0.2) is 4.98 Å². The Bertz CT molecular complexity index is 609. The van der Waals surface area contributed by atoms with Crippen LogP contribution in [0.25, 0.3) is 5.69 Å². The van der Waals surface area contributed by atoms with Crippen molar-refractivity contribution in [3.05, 3.63) is 46.5 Å². The van der Waals surface area contributed by atoms with Crippen LogP contribution in [0.4, 0.5) is 0 Å². The van der Waals surface area contributed by atoms with E-state index in [4.69, 9.17) is 11.6 Å². The van der Waals surface area contributed by atoms with Crippen LogP contribution < -0.4 is 5.32 Å². The number of rotatable bonds is 3. The fourth-order valence-electron chi connectivity index (χ4n) is 2.04. The van der Waals surface area contributed by atoms with E-state index >= 15 is 0 Å². The average Bonchev–Trinajstić information content (AvgIpc) is 2.67. The van der Waals surface area contributed by atoms with E-state index < -0.39 is 0 Å². The third-order valence-corrected chi connectivity index (χ3v) is 3.76. The molecule has 1 aromatic heterocycles. The molecule has 0 bridgehead atoms. The summed E-state index contributed by atoms with van der Waals surface area (Å²) in [5, 5.41) is 4.28. The maximum absolute atomic E-state index is 6.39. The predicted molar refractivity (Wildman–Crippen MR) is 84.6 cm³/mol. The molecule has 0 spiro atoms. The summed E-state index contributed by atoms with van der Waals surface area (Å²) in [6, 6.07) is 6.00. The smallest absolute Gasteiger partial charge is 0.0997 e. The predicted octanol–water partition coefficient (Wildman–Crippen LogP) is 4.03. The van der Waals surface area contributed by atoms with Crippen molar-refractivity contribution >= 4 is 11.6 Å². The normalized spacial score (nSPS) is 11.9. The fraction of sp³-hybridized carbons (Fsp3) is 0.438. The van der Waals surface area contributed by atoms with Gasteiger partial charge < -0.3 is 9.88 Å². The second-order valence-corrected chi connectivity index (χ2v) is 6.53. The molecular weight excluding hydrogens is 270 g/mol. The van der Waals surface area contributed by atoms with Crippen LogP contribution in [0.2, 0.25) is 5.02 Å². The molecule has 3 nitrogen and oxygen atoms in total. The second-order valence-electron chi connectivity index (χ2n) is 6.13. The van der Waals surface area contributed by atoms with E-state index in [1.807, 2.05) is 25.4 Å². The van der Waals surface area contributed by atoms with Crippen molar-refractivity contribution in [3.8, 4) is 5.69 Å². The van der Waals surface area contributed by atoms with Crippen LogP contribution in [0.1, 0.15) is 37.7 Å². The van der Waals surface area contributed by atoms with Gasteiger partial charge in [-0.1, -0.05) is 17.7 Å². The number of nitrogens with one attached hydrogen (secondary N) is 1. The van der Waals surface area contributed by atoms with Crippen LogP contribution in [0.3, 0.4) is 0 Å². The molecule has 4 heteroatoms. The molecule has 0 saturated heterocycles. The van der Waals surface area contributed by atoms with Gasteiger partial charge in [-0.3, -0.25) is 0 Å². The average molecular weight is 292 g/mol. The van der Waals surface area contributed by atoms with E-state index in [1.165, 1.54) is 0 Å². The summed E-state index contributed by atoms with van der Waals surface area (Å²) in [7, 11) is 0. The lowest BCUT2D eigenvalue weighted by molar-refractivity contribution is 0.424. The van der Waals surface area contributed by atoms with E-state index in [2.05, 4.69) is 48.6 Å². The van der Waals surface area contributed by atoms with Gasteiger partial charge in [-0.15, -0.1) is 0 Å². The number of halogens is 1. The number of nitrogens with zero attached hydrogens (tertiary/aromatic N) is 2. The molecule has 1 heterocycles. The highest BCUT2D eigenvalue weighted by atomic mass is 35.5. The molecule has 20 heavy (non-hydrogen) atoms. The molecule has 0 atom stereocenters. The van der Waals surface area contributed by atoms with E-state index in [0.29, 0.717) is 0 Å². The molecule has 1 aromatic carbocycles. The molecule has 108 valence electrons. The lowest BCUT2D eigenvalue weighted by Gasteiger charge is -2.22. The van der Waals surface area contributed by atoms with Gasteiger partial charge in [-0.2, -0.15) is 0 Å². The first-order valence-corrected chi connectivity index (χ1v) is 7.21. The number of hydrogen-bond acceptors (Lipinski definition) is 2. The van der Waals surface area contributed by atoms with E-state index in [9.17, 15) is 0 Å². The fourth-order valence-corrected chi connectivity index (χ4v) is 2.28. The quantitative estimate of drug-likeness (QED) is 0.925. The largest absolute Gasteiger partial charge is 0.308 e. The minimum Gasteiger partial charge on any atom is -0.308 e. The Labute approximate surface area is 126 Å². The third kappa shape index (κ3) is 3.22. The zero-order valence-electron chi connectivity index (χ0n) is 12.8. The molecule has 0 unspecified atom stereocenters. The molecule has 0 aliphatic carbocycles. The molecule has 0 amide bonds. The highest BCUT2D eigenvalue weighted by molar-refractivity contribution is 6.31. The van der Waals surface area contributed by atoms with Gasteiger partial charge in [-0.05, 0) is 46.8 Å². The van der Waals surface area contributed by atoms with Crippen molar-refractivity contribution in [3.63, 3.8) is 0 Å². The summed E-state index contributed by atoms with van der Waals surface area (Å²) >= 11 is 6.39. The first-order valence-electron chi connectivity index (χ1n) is 6.83. The first kappa shape index (κ1) is 15.1. The minimum absolute atomic E-state index is 0.0519. The van der Waals surface area contributed by atoms with Crippen molar-refractivity contribution in [2.45, 2.75) is 46.7 Å². The standard InChI is InChI=1S/C16H22ClN3/c1-11-12(2)20(10-18-11)15-8-6-7-14(17)13(15)9-19-16(3,4)5/h6-8,10,19H,9H2,1-5H3. The van der Waals surface area contributed by atoms with Gasteiger partial charge in [0.15, 0.2) is 0 Å². The summed E-state index contributed by atoms with van der Waals surface area (Å²) in [5.41, 5.74) is 4.43. The highest BCUT2D eigenvalue weighted by Crippen LogP contribution is 2.25. The van der Waals surface area contributed by atoms with Crippen LogP contribution in [-0.4, -0.2) is 15.1 Å². The Morgan fingerprint density at radius 3 is 2.50 bits per heavy atom. The molecule has 1 N–H and O–H groups in total. The Hall–Kier alpha value is -1.32. The summed E-state index contributed by atoms with van der Waals surface area (Å²) in [4.78, 5) is 4.37. The van der Waals surface area contributed by atoms with E-state index in [0.717, 1.165) is 34.2 Å². The number of benzene rings is 1. The maximum Gasteiger partial charge on any atom is 0.0997 e. The Morgan fingerprint density at radius 1 is 1.25 bits per heavy atom. The molecule has 0 radical (unpaired) electrons. The summed E-state index contributed by atoms with van der Waals surface area (Å²) < 4.78 is 2.10. The van der Waals surface area contributed by atoms with Crippen molar-refractivity contribution in [2.75, 3.05) is 0 Å². The SMILES string of the molecule is Cc1ncn(-c2cccc(Cl)c2CNC(C)(C)C)c1C. The van der Waals surface area contributed by atoms with Crippen LogP contribution in [-0.2, 0) is 6.54 Å². The lowest BCUT2D eigenvalue weighted by Crippen LogP contribution is -2.35. The van der Waals surface area contributed by atoms with Gasteiger partial charge in [0.2, 0.25) is 0 Å². The third-order valence-electron chi connectivity index (χ3n) is 3.40. The van der Waals surface area contributed by atoms with Gasteiger partial charge >= 0.3 is 0 Å². The monoisotopic (exact) mass is 291 g/mol. The minimum atomic E-state index is 0.0519. The summed E-state index contributed by atoms with van der Waals surface area (Å²) in [5.74, 6) is 0. The van der Waals surface area contributed by atoms with Crippen molar-refractivity contribution < 1.29 is 0 Å². The van der Waals surface area contributed by atoms with Gasteiger partial charge in [0.1, 0.15) is 0 Å². The van der Waals surface area contributed by atoms with Crippen LogP contribution in [0, 0.1) is 13.8 Å². The number of aromatic nitrogens is 2. The van der Waals surface area contributed by atoms with Gasteiger partial charge in [0.05, 0.1) is 17.7 Å². The Kier molecular flexibility index (Phi) is 4.21. The van der Waals surface area contributed by atoms with Gasteiger partial charge in [0.25, 0.3) is 0 Å². The Morgan fingerprint density at radius 2 is 1.95 bits per heavy atom. The van der Waals surface area contributed by atoms with E-state index in [-0.39, 0.29) is 5.54 Å². The van der Waals surface area contributed by atoms with Crippen molar-refractivity contribution in [2.24, 2.45) is 0 Å². The first-order chi connectivity index (χ1) is 9.29. The molecule has 0 aliphatic rings. The zero-order valence-corrected chi connectivity index (χ0v) is 13.5. The zero-order chi connectivity index (χ0) is 14.9. The molecule has 2 rings (SSSR count). The lowest BCUT2D eigenvalue weighted by atomic mass is 10.1. The second kappa shape index (κ2) is 5.58. The topological polar surface area (TPSA) is 29.9 Å². The van der Waals surface area contributed by atoms with Crippen LogP contribution >= 0.6 is 11.6 Å². The molecule has 0 aliphatic heterocycles. The van der Waals surface area contributed by atoms with E-state index in [1.54, 1.807) is 0 Å².